The topological polar surface area (TPSA) is 40.5 Å². The van der Waals surface area contributed by atoms with E-state index in [1.807, 2.05) is 0 Å². The second-order valence-electron chi connectivity index (χ2n) is 3.98. The van der Waals surface area contributed by atoms with Gasteiger partial charge in [-0.1, -0.05) is 19.1 Å². The van der Waals surface area contributed by atoms with Gasteiger partial charge in [0, 0.05) is 6.42 Å². The third-order valence-electron chi connectivity index (χ3n) is 2.25. The highest BCUT2D eigenvalue weighted by Gasteiger charge is 2.17. The molecule has 0 radical (unpaired) electrons. The van der Waals surface area contributed by atoms with Crippen molar-refractivity contribution in [2.75, 3.05) is 0 Å². The highest BCUT2D eigenvalue weighted by molar-refractivity contribution is 6.21. The van der Waals surface area contributed by atoms with Crippen LogP contribution in [0.25, 0.3) is 0 Å². The molecule has 0 fully saturated rings. The Balaban J connectivity index is 3.55. The summed E-state index contributed by atoms with van der Waals surface area (Å²) in [6, 6.07) is 0. The quantitative estimate of drug-likeness (QED) is 0.385. The minimum absolute atomic E-state index is 0.241. The zero-order chi connectivity index (χ0) is 11.7. The van der Waals surface area contributed by atoms with Crippen LogP contribution >= 0.6 is 11.6 Å². The summed E-state index contributed by atoms with van der Waals surface area (Å²) in [7, 11) is 0. The second-order valence-corrected chi connectivity index (χ2v) is 4.54. The molecule has 0 aromatic rings. The van der Waals surface area contributed by atoms with E-state index in [0.29, 0.717) is 6.42 Å². The minimum Gasteiger partial charge on any atom is -0.393 e. The highest BCUT2D eigenvalue weighted by Crippen LogP contribution is 2.16. The number of unbranched alkanes of at least 4 members (excludes halogenated alkanes) is 1. The van der Waals surface area contributed by atoms with Crippen LogP contribution in [0.15, 0.2) is 12.2 Å². The van der Waals surface area contributed by atoms with Crippen molar-refractivity contribution in [3.05, 3.63) is 12.2 Å². The summed E-state index contributed by atoms with van der Waals surface area (Å²) in [5.74, 6) is 0. The Kier molecular flexibility index (Phi) is 9.17. The molecule has 0 saturated heterocycles. The predicted octanol–water partition coefficient (Wildman–Crippen LogP) is 2.86. The summed E-state index contributed by atoms with van der Waals surface area (Å²) in [5.41, 5.74) is 0. The number of allylic oxidation sites excluding steroid dienone is 2. The maximum atomic E-state index is 9.58. The van der Waals surface area contributed by atoms with Crippen molar-refractivity contribution in [2.24, 2.45) is 0 Å². The molecule has 0 aliphatic heterocycles. The Morgan fingerprint density at radius 1 is 1.27 bits per heavy atom. The first-order valence-corrected chi connectivity index (χ1v) is 6.16. The van der Waals surface area contributed by atoms with Gasteiger partial charge in [0.05, 0.1) is 17.6 Å². The Bertz CT molecular complexity index is 169. The smallest absolute Gasteiger partial charge is 0.0728 e. The lowest BCUT2D eigenvalue weighted by atomic mass is 10.0. The van der Waals surface area contributed by atoms with Crippen LogP contribution in [0.2, 0.25) is 0 Å². The van der Waals surface area contributed by atoms with E-state index < -0.39 is 12.2 Å². The Labute approximate surface area is 98.0 Å². The average molecular weight is 235 g/mol. The molecule has 0 aliphatic rings. The Hall–Kier alpha value is -0.0500. The zero-order valence-corrected chi connectivity index (χ0v) is 10.5. The highest BCUT2D eigenvalue weighted by atomic mass is 35.5. The maximum Gasteiger partial charge on any atom is 0.0728 e. The molecule has 3 atom stereocenters. The van der Waals surface area contributed by atoms with Gasteiger partial charge in [-0.05, 0) is 32.6 Å². The van der Waals surface area contributed by atoms with Gasteiger partial charge < -0.3 is 10.2 Å². The van der Waals surface area contributed by atoms with Crippen molar-refractivity contribution < 1.29 is 10.2 Å². The second kappa shape index (κ2) is 9.20. The van der Waals surface area contributed by atoms with Gasteiger partial charge in [0.2, 0.25) is 0 Å². The van der Waals surface area contributed by atoms with Crippen LogP contribution in [0.5, 0.6) is 0 Å². The molecule has 0 bridgehead atoms. The largest absolute Gasteiger partial charge is 0.393 e. The van der Waals surface area contributed by atoms with Crippen molar-refractivity contribution in [1.29, 1.82) is 0 Å². The Morgan fingerprint density at radius 3 is 2.47 bits per heavy atom. The van der Waals surface area contributed by atoms with Gasteiger partial charge in [0.25, 0.3) is 0 Å². The molecule has 0 unspecified atom stereocenters. The number of aliphatic hydroxyl groups excluding tert-OH is 2. The number of hydrogen-bond acceptors (Lipinski definition) is 2. The molecule has 15 heavy (non-hydrogen) atoms. The number of hydrogen-bond donors (Lipinski definition) is 2. The first kappa shape index (κ1) is 14.9. The molecule has 2 nitrogen and oxygen atoms in total. The average Bonchev–Trinajstić information content (AvgIpc) is 2.16. The molecule has 0 aromatic carbocycles. The summed E-state index contributed by atoms with van der Waals surface area (Å²) in [5, 5.41) is 18.4. The lowest BCUT2D eigenvalue weighted by Gasteiger charge is -2.17. The van der Waals surface area contributed by atoms with Gasteiger partial charge in [0.15, 0.2) is 0 Å². The van der Waals surface area contributed by atoms with E-state index in [2.05, 4.69) is 19.1 Å². The molecule has 0 heterocycles. The van der Waals surface area contributed by atoms with Gasteiger partial charge >= 0.3 is 0 Å². The van der Waals surface area contributed by atoms with E-state index in [0.717, 1.165) is 25.7 Å². The van der Waals surface area contributed by atoms with Crippen LogP contribution in [0.1, 0.15) is 46.0 Å². The van der Waals surface area contributed by atoms with Gasteiger partial charge in [-0.15, -0.1) is 11.6 Å². The third-order valence-corrected chi connectivity index (χ3v) is 2.76. The summed E-state index contributed by atoms with van der Waals surface area (Å²) in [4.78, 5) is 0. The van der Waals surface area contributed by atoms with Crippen LogP contribution in [0, 0.1) is 0 Å². The minimum atomic E-state index is -0.596. The van der Waals surface area contributed by atoms with Crippen LogP contribution in [0.4, 0.5) is 0 Å². The van der Waals surface area contributed by atoms with E-state index in [-0.39, 0.29) is 5.38 Å². The summed E-state index contributed by atoms with van der Waals surface area (Å²) in [6.45, 7) is 3.77. The van der Waals surface area contributed by atoms with Crippen molar-refractivity contribution in [1.82, 2.24) is 0 Å². The molecule has 0 aromatic heterocycles. The first-order chi connectivity index (χ1) is 7.07. The van der Waals surface area contributed by atoms with Gasteiger partial charge in [-0.25, -0.2) is 0 Å². The van der Waals surface area contributed by atoms with E-state index in [1.165, 1.54) is 0 Å². The monoisotopic (exact) mass is 234 g/mol. The third kappa shape index (κ3) is 8.91. The summed E-state index contributed by atoms with van der Waals surface area (Å²) < 4.78 is 0. The van der Waals surface area contributed by atoms with Gasteiger partial charge in [0.1, 0.15) is 0 Å². The van der Waals surface area contributed by atoms with Gasteiger partial charge in [-0.2, -0.15) is 0 Å². The normalized spacial score (nSPS) is 17.9. The van der Waals surface area contributed by atoms with E-state index in [4.69, 9.17) is 16.7 Å². The van der Waals surface area contributed by atoms with Gasteiger partial charge in [-0.3, -0.25) is 0 Å². The van der Waals surface area contributed by atoms with E-state index >= 15 is 0 Å². The number of aliphatic hydroxyl groups is 2. The van der Waals surface area contributed by atoms with Crippen LogP contribution < -0.4 is 0 Å². The van der Waals surface area contributed by atoms with Crippen LogP contribution in [-0.2, 0) is 0 Å². The SMILES string of the molecule is CC/C=C\CCC[C@@H](Cl)[C@@H](O)C[C@H](C)O. The molecule has 0 saturated carbocycles. The summed E-state index contributed by atoms with van der Waals surface area (Å²) >= 11 is 6.00. The Morgan fingerprint density at radius 2 is 1.93 bits per heavy atom. The fraction of sp³-hybridized carbons (Fsp3) is 0.833. The molecule has 90 valence electrons. The molecule has 0 amide bonds. The van der Waals surface area contributed by atoms with Crippen LogP contribution in [0.3, 0.4) is 0 Å². The summed E-state index contributed by atoms with van der Waals surface area (Å²) in [6.07, 6.45) is 7.42. The lowest BCUT2D eigenvalue weighted by molar-refractivity contribution is 0.0859. The van der Waals surface area contributed by atoms with Crippen molar-refractivity contribution in [3.63, 3.8) is 0 Å². The maximum absolute atomic E-state index is 9.58. The van der Waals surface area contributed by atoms with Crippen molar-refractivity contribution >= 4 is 11.6 Å². The van der Waals surface area contributed by atoms with E-state index in [1.54, 1.807) is 6.92 Å². The molecule has 0 rings (SSSR count). The number of alkyl halides is 1. The van der Waals surface area contributed by atoms with Crippen molar-refractivity contribution in [3.8, 4) is 0 Å². The van der Waals surface area contributed by atoms with Crippen molar-refractivity contribution in [2.45, 2.75) is 63.5 Å². The molecule has 0 aliphatic carbocycles. The number of rotatable bonds is 8. The molecule has 2 N–H and O–H groups in total. The van der Waals surface area contributed by atoms with Crippen LogP contribution in [-0.4, -0.2) is 27.8 Å². The number of halogens is 1. The predicted molar refractivity (Wildman–Crippen MR) is 65.2 cm³/mol. The molecular formula is C12H23ClO2. The fourth-order valence-corrected chi connectivity index (χ4v) is 1.66. The standard InChI is InChI=1S/C12H23ClO2/c1-3-4-5-6-7-8-11(13)12(15)9-10(2)14/h4-5,10-12,14-15H,3,6-9H2,1-2H3/b5-4-/t10-,11+,12-/m0/s1. The first-order valence-electron chi connectivity index (χ1n) is 5.73. The van der Waals surface area contributed by atoms with E-state index in [9.17, 15) is 5.11 Å². The fourth-order valence-electron chi connectivity index (χ4n) is 1.40. The zero-order valence-electron chi connectivity index (χ0n) is 9.69. The molecule has 3 heteroatoms. The lowest BCUT2D eigenvalue weighted by Crippen LogP contribution is -2.25. The molecule has 0 spiro atoms. The molecular weight excluding hydrogens is 212 g/mol.